The summed E-state index contributed by atoms with van der Waals surface area (Å²) in [4.78, 5) is 13.4. The minimum Gasteiger partial charge on any atom is -0.316 e. The van der Waals surface area contributed by atoms with Crippen molar-refractivity contribution in [1.82, 2.24) is 0 Å². The van der Waals surface area contributed by atoms with Crippen LogP contribution in [0.5, 0.6) is 0 Å². The summed E-state index contributed by atoms with van der Waals surface area (Å²) in [6.45, 7) is 2.25. The average molecular weight is 323 g/mol. The summed E-state index contributed by atoms with van der Waals surface area (Å²) in [5.41, 5.74) is 9.71. The van der Waals surface area contributed by atoms with E-state index < -0.39 is 6.04 Å². The molecular weight excluding hydrogens is 305 g/mol. The van der Waals surface area contributed by atoms with Crippen molar-refractivity contribution in [2.75, 3.05) is 11.4 Å². The third kappa shape index (κ3) is 3.01. The van der Waals surface area contributed by atoms with E-state index >= 15 is 0 Å². The van der Waals surface area contributed by atoms with E-state index in [4.69, 9.17) is 11.0 Å². The first-order valence-electron chi connectivity index (χ1n) is 7.84. The largest absolute Gasteiger partial charge is 0.316 e. The molecule has 0 saturated heterocycles. The zero-order valence-corrected chi connectivity index (χ0v) is 13.4. The first-order valence-corrected chi connectivity index (χ1v) is 7.84. The normalized spacial score (nSPS) is 14.2. The number of rotatable bonds is 3. The molecule has 1 aliphatic heterocycles. The lowest BCUT2D eigenvalue weighted by atomic mass is 9.98. The van der Waals surface area contributed by atoms with Crippen molar-refractivity contribution in [2.24, 2.45) is 5.73 Å². The minimum atomic E-state index is -0.706. The fourth-order valence-corrected chi connectivity index (χ4v) is 3.08. The summed E-state index contributed by atoms with van der Waals surface area (Å²) < 4.78 is 14.3. The smallest absolute Gasteiger partial charge is 0.223 e. The number of benzene rings is 2. The molecule has 0 radical (unpaired) electrons. The van der Waals surface area contributed by atoms with Crippen LogP contribution in [0.25, 0.3) is 11.1 Å². The first-order chi connectivity index (χ1) is 11.5. The predicted octanol–water partition coefficient (Wildman–Crippen LogP) is 2.80. The third-order valence-electron chi connectivity index (χ3n) is 4.35. The highest BCUT2D eigenvalue weighted by Crippen LogP contribution is 2.33. The number of halogens is 1. The third-order valence-corrected chi connectivity index (χ3v) is 4.35. The fourth-order valence-electron chi connectivity index (χ4n) is 3.08. The second-order valence-electron chi connectivity index (χ2n) is 6.01. The molecule has 24 heavy (non-hydrogen) atoms. The molecule has 1 heterocycles. The van der Waals surface area contributed by atoms with E-state index in [0.717, 1.165) is 28.8 Å². The lowest BCUT2D eigenvalue weighted by molar-refractivity contribution is -0.116. The number of hydrogen-bond acceptors (Lipinski definition) is 3. The Hall–Kier alpha value is -2.71. The zero-order chi connectivity index (χ0) is 17.3. The maximum Gasteiger partial charge on any atom is 0.223 e. The number of carbonyl (C=O) groups excluding carboxylic acids is 1. The van der Waals surface area contributed by atoms with Crippen LogP contribution in [0, 0.1) is 17.1 Å². The van der Waals surface area contributed by atoms with Gasteiger partial charge in [0.2, 0.25) is 5.91 Å². The molecule has 1 atom stereocenters. The summed E-state index contributed by atoms with van der Waals surface area (Å²) in [7, 11) is 0. The molecule has 1 aliphatic rings. The number of nitriles is 1. The number of anilines is 1. The number of amides is 1. The van der Waals surface area contributed by atoms with Crippen LogP contribution in [0.3, 0.4) is 0 Å². The van der Waals surface area contributed by atoms with Crippen molar-refractivity contribution in [3.63, 3.8) is 0 Å². The van der Waals surface area contributed by atoms with Crippen molar-refractivity contribution in [3.8, 4) is 17.2 Å². The highest BCUT2D eigenvalue weighted by atomic mass is 19.1. The van der Waals surface area contributed by atoms with Gasteiger partial charge in [-0.25, -0.2) is 4.39 Å². The van der Waals surface area contributed by atoms with Crippen molar-refractivity contribution in [3.05, 3.63) is 53.3 Å². The van der Waals surface area contributed by atoms with E-state index in [0.29, 0.717) is 12.1 Å². The molecule has 0 bridgehead atoms. The van der Waals surface area contributed by atoms with Crippen molar-refractivity contribution < 1.29 is 9.18 Å². The molecule has 0 saturated carbocycles. The maximum absolute atomic E-state index is 14.3. The SMILES string of the molecule is CC(=O)N1CCc2cc(-c3ccc(C[C@H](N)C#N)c(F)c3)ccc21. The van der Waals surface area contributed by atoms with Gasteiger partial charge in [0.15, 0.2) is 0 Å². The number of nitrogens with two attached hydrogens (primary N) is 1. The van der Waals surface area contributed by atoms with Gasteiger partial charge in [0.05, 0.1) is 12.1 Å². The van der Waals surface area contributed by atoms with Crippen LogP contribution in [0.2, 0.25) is 0 Å². The maximum atomic E-state index is 14.3. The van der Waals surface area contributed by atoms with Gasteiger partial charge in [-0.05, 0) is 46.9 Å². The minimum absolute atomic E-state index is 0.0331. The standard InChI is InChI=1S/C19H18FN3O/c1-12(24)23-7-6-16-8-13(4-5-19(16)23)14-2-3-15(18(20)10-14)9-17(22)11-21/h2-5,8,10,17H,6-7,9,22H2,1H3/t17-/m0/s1. The van der Waals surface area contributed by atoms with Gasteiger partial charge in [-0.3, -0.25) is 4.79 Å². The number of nitrogens with zero attached hydrogens (tertiary/aromatic N) is 2. The summed E-state index contributed by atoms with van der Waals surface area (Å²) in [5.74, 6) is -0.324. The molecule has 122 valence electrons. The van der Waals surface area contributed by atoms with Crippen LogP contribution >= 0.6 is 0 Å². The monoisotopic (exact) mass is 323 g/mol. The summed E-state index contributed by atoms with van der Waals surface area (Å²) in [6.07, 6.45) is 1.00. The molecular formula is C19H18FN3O. The Morgan fingerprint density at radius 1 is 1.33 bits per heavy atom. The van der Waals surface area contributed by atoms with Gasteiger partial charge in [0.25, 0.3) is 0 Å². The van der Waals surface area contributed by atoms with Crippen LogP contribution in [0.4, 0.5) is 10.1 Å². The molecule has 1 amide bonds. The predicted molar refractivity (Wildman–Crippen MR) is 90.9 cm³/mol. The molecule has 0 aromatic heterocycles. The molecule has 2 N–H and O–H groups in total. The van der Waals surface area contributed by atoms with Gasteiger partial charge >= 0.3 is 0 Å². The molecule has 2 aromatic rings. The second kappa shape index (κ2) is 6.42. The Morgan fingerprint density at radius 2 is 2.04 bits per heavy atom. The Morgan fingerprint density at radius 3 is 2.71 bits per heavy atom. The molecule has 5 heteroatoms. The second-order valence-corrected chi connectivity index (χ2v) is 6.01. The highest BCUT2D eigenvalue weighted by Gasteiger charge is 2.22. The lowest BCUT2D eigenvalue weighted by Gasteiger charge is -2.15. The molecule has 0 fully saturated rings. The Labute approximate surface area is 140 Å². The molecule has 0 aliphatic carbocycles. The fraction of sp³-hybridized carbons (Fsp3) is 0.263. The van der Waals surface area contributed by atoms with E-state index in [2.05, 4.69) is 0 Å². The van der Waals surface area contributed by atoms with E-state index in [9.17, 15) is 9.18 Å². The molecule has 3 rings (SSSR count). The van der Waals surface area contributed by atoms with Crippen LogP contribution in [-0.4, -0.2) is 18.5 Å². The van der Waals surface area contributed by atoms with E-state index in [-0.39, 0.29) is 18.1 Å². The Kier molecular flexibility index (Phi) is 4.32. The van der Waals surface area contributed by atoms with Crippen LogP contribution in [0.1, 0.15) is 18.1 Å². The van der Waals surface area contributed by atoms with Gasteiger partial charge in [-0.2, -0.15) is 5.26 Å². The summed E-state index contributed by atoms with van der Waals surface area (Å²) in [6, 6.07) is 12.0. The average Bonchev–Trinajstić information content (AvgIpc) is 2.99. The van der Waals surface area contributed by atoms with Gasteiger partial charge in [0, 0.05) is 25.6 Å². The van der Waals surface area contributed by atoms with Crippen LogP contribution in [0.15, 0.2) is 36.4 Å². The van der Waals surface area contributed by atoms with Gasteiger partial charge < -0.3 is 10.6 Å². The van der Waals surface area contributed by atoms with E-state index in [1.54, 1.807) is 17.9 Å². The Bertz CT molecular complexity index is 841. The quantitative estimate of drug-likeness (QED) is 0.944. The van der Waals surface area contributed by atoms with Gasteiger partial charge in [0.1, 0.15) is 5.82 Å². The first kappa shape index (κ1) is 16.2. The summed E-state index contributed by atoms with van der Waals surface area (Å²) >= 11 is 0. The number of fused-ring (bicyclic) bond motifs is 1. The lowest BCUT2D eigenvalue weighted by Crippen LogP contribution is -2.25. The van der Waals surface area contributed by atoms with E-state index in [1.165, 1.54) is 6.07 Å². The van der Waals surface area contributed by atoms with Crippen LogP contribution in [-0.2, 0) is 17.6 Å². The molecule has 4 nitrogen and oxygen atoms in total. The van der Waals surface area contributed by atoms with Crippen molar-refractivity contribution in [1.29, 1.82) is 5.26 Å². The number of hydrogen-bond donors (Lipinski definition) is 1. The van der Waals surface area contributed by atoms with E-state index in [1.807, 2.05) is 30.3 Å². The summed E-state index contributed by atoms with van der Waals surface area (Å²) in [5, 5.41) is 8.74. The number of carbonyl (C=O) groups is 1. The molecule has 0 unspecified atom stereocenters. The highest BCUT2D eigenvalue weighted by molar-refractivity contribution is 5.94. The van der Waals surface area contributed by atoms with Gasteiger partial charge in [-0.15, -0.1) is 0 Å². The van der Waals surface area contributed by atoms with Crippen LogP contribution < -0.4 is 10.6 Å². The Balaban J connectivity index is 1.89. The van der Waals surface area contributed by atoms with Crippen molar-refractivity contribution in [2.45, 2.75) is 25.8 Å². The molecule has 2 aromatic carbocycles. The van der Waals surface area contributed by atoms with Crippen molar-refractivity contribution >= 4 is 11.6 Å². The molecule has 0 spiro atoms. The van der Waals surface area contributed by atoms with Gasteiger partial charge in [-0.1, -0.05) is 18.2 Å². The zero-order valence-electron chi connectivity index (χ0n) is 13.4. The topological polar surface area (TPSA) is 70.1 Å².